The number of likely N-dealkylation sites (tertiary alicyclic amines) is 1. The standard InChI is InChI=1S/C10H20F2N2O/c11-10(12)8-15-6-5-14-3-1-9(7-13)2-4-14/h9-10H,1-8,13H2. The minimum Gasteiger partial charge on any atom is -0.374 e. The van der Waals surface area contributed by atoms with Gasteiger partial charge >= 0.3 is 0 Å². The van der Waals surface area contributed by atoms with Gasteiger partial charge in [-0.3, -0.25) is 0 Å². The van der Waals surface area contributed by atoms with Crippen LogP contribution in [0.3, 0.4) is 0 Å². The number of rotatable bonds is 6. The average Bonchev–Trinajstić information content (AvgIpc) is 2.25. The van der Waals surface area contributed by atoms with Crippen LogP contribution in [0.2, 0.25) is 0 Å². The molecular weight excluding hydrogens is 202 g/mol. The highest BCUT2D eigenvalue weighted by molar-refractivity contribution is 4.72. The van der Waals surface area contributed by atoms with Crippen LogP contribution in [0.25, 0.3) is 0 Å². The maximum Gasteiger partial charge on any atom is 0.261 e. The van der Waals surface area contributed by atoms with Gasteiger partial charge in [0.05, 0.1) is 6.61 Å². The molecule has 0 amide bonds. The molecular formula is C10H20F2N2O. The lowest BCUT2D eigenvalue weighted by molar-refractivity contribution is 0.00712. The van der Waals surface area contributed by atoms with Crippen LogP contribution in [0, 0.1) is 5.92 Å². The summed E-state index contributed by atoms with van der Waals surface area (Å²) in [4.78, 5) is 2.25. The molecule has 15 heavy (non-hydrogen) atoms. The van der Waals surface area contributed by atoms with Crippen molar-refractivity contribution in [2.75, 3.05) is 39.4 Å². The molecule has 1 aliphatic rings. The first-order chi connectivity index (χ1) is 7.22. The van der Waals surface area contributed by atoms with Crippen molar-refractivity contribution in [3.8, 4) is 0 Å². The number of nitrogens with zero attached hydrogens (tertiary/aromatic N) is 1. The Morgan fingerprint density at radius 3 is 2.53 bits per heavy atom. The molecule has 0 aromatic heterocycles. The summed E-state index contributed by atoms with van der Waals surface area (Å²) in [5.74, 6) is 0.642. The molecule has 90 valence electrons. The Kier molecular flexibility index (Phi) is 6.05. The number of ether oxygens (including phenoxy) is 1. The summed E-state index contributed by atoms with van der Waals surface area (Å²) in [5.41, 5.74) is 5.58. The summed E-state index contributed by atoms with van der Waals surface area (Å²) >= 11 is 0. The zero-order chi connectivity index (χ0) is 11.1. The van der Waals surface area contributed by atoms with Gasteiger partial charge in [-0.05, 0) is 38.4 Å². The van der Waals surface area contributed by atoms with Crippen LogP contribution in [0.5, 0.6) is 0 Å². The lowest BCUT2D eigenvalue weighted by atomic mass is 9.97. The Balaban J connectivity index is 1.99. The second-order valence-electron chi connectivity index (χ2n) is 3.99. The summed E-state index contributed by atoms with van der Waals surface area (Å²) in [7, 11) is 0. The minimum absolute atomic E-state index is 0.400. The molecule has 1 rings (SSSR count). The van der Waals surface area contributed by atoms with Gasteiger partial charge in [0.2, 0.25) is 0 Å². The van der Waals surface area contributed by atoms with Crippen LogP contribution in [-0.2, 0) is 4.74 Å². The lowest BCUT2D eigenvalue weighted by Crippen LogP contribution is -2.38. The van der Waals surface area contributed by atoms with E-state index in [9.17, 15) is 8.78 Å². The van der Waals surface area contributed by atoms with E-state index in [2.05, 4.69) is 4.90 Å². The molecule has 3 nitrogen and oxygen atoms in total. The molecule has 0 aromatic carbocycles. The van der Waals surface area contributed by atoms with Gasteiger partial charge in [0.15, 0.2) is 0 Å². The molecule has 0 radical (unpaired) electrons. The van der Waals surface area contributed by atoms with E-state index in [1.54, 1.807) is 0 Å². The van der Waals surface area contributed by atoms with Gasteiger partial charge in [-0.2, -0.15) is 0 Å². The average molecular weight is 222 g/mol. The summed E-state index contributed by atoms with van der Waals surface area (Å²) in [6.07, 6.45) is -0.121. The van der Waals surface area contributed by atoms with E-state index in [4.69, 9.17) is 10.5 Å². The molecule has 1 aliphatic heterocycles. The molecule has 1 saturated heterocycles. The molecule has 0 aromatic rings. The summed E-state index contributed by atoms with van der Waals surface area (Å²) in [6.45, 7) is 3.50. The minimum atomic E-state index is -2.35. The van der Waals surface area contributed by atoms with Crippen LogP contribution in [0.4, 0.5) is 8.78 Å². The van der Waals surface area contributed by atoms with Crippen LogP contribution in [0.1, 0.15) is 12.8 Å². The Hall–Kier alpha value is -0.260. The highest BCUT2D eigenvalue weighted by Gasteiger charge is 2.17. The predicted octanol–water partition coefficient (Wildman–Crippen LogP) is 0.939. The van der Waals surface area contributed by atoms with Gasteiger partial charge < -0.3 is 15.4 Å². The van der Waals surface area contributed by atoms with E-state index >= 15 is 0 Å². The molecule has 0 spiro atoms. The molecule has 0 unspecified atom stereocenters. The third-order valence-corrected chi connectivity index (χ3v) is 2.84. The number of alkyl halides is 2. The molecule has 2 N–H and O–H groups in total. The van der Waals surface area contributed by atoms with Crippen LogP contribution in [-0.4, -0.2) is 50.7 Å². The molecule has 0 atom stereocenters. The Labute approximate surface area is 89.6 Å². The van der Waals surface area contributed by atoms with Crippen molar-refractivity contribution in [3.63, 3.8) is 0 Å². The van der Waals surface area contributed by atoms with E-state index in [1.165, 1.54) is 0 Å². The zero-order valence-corrected chi connectivity index (χ0v) is 9.00. The number of halogens is 2. The fourth-order valence-corrected chi connectivity index (χ4v) is 1.81. The van der Waals surface area contributed by atoms with Crippen LogP contribution < -0.4 is 5.73 Å². The van der Waals surface area contributed by atoms with Crippen molar-refractivity contribution in [1.29, 1.82) is 0 Å². The number of hydrogen-bond acceptors (Lipinski definition) is 3. The highest BCUT2D eigenvalue weighted by atomic mass is 19.3. The fraction of sp³-hybridized carbons (Fsp3) is 1.00. The molecule has 0 saturated carbocycles. The van der Waals surface area contributed by atoms with Crippen molar-refractivity contribution < 1.29 is 13.5 Å². The molecule has 1 heterocycles. The molecule has 0 bridgehead atoms. The summed E-state index contributed by atoms with van der Waals surface area (Å²) in [6, 6.07) is 0. The van der Waals surface area contributed by atoms with Gasteiger partial charge in [-0.1, -0.05) is 0 Å². The second-order valence-corrected chi connectivity index (χ2v) is 3.99. The smallest absolute Gasteiger partial charge is 0.261 e. The van der Waals surface area contributed by atoms with E-state index < -0.39 is 13.0 Å². The normalized spacial score (nSPS) is 20.0. The first-order valence-electron chi connectivity index (χ1n) is 5.50. The second kappa shape index (κ2) is 7.09. The predicted molar refractivity (Wildman–Crippen MR) is 55.0 cm³/mol. The topological polar surface area (TPSA) is 38.5 Å². The van der Waals surface area contributed by atoms with Gasteiger partial charge in [0.1, 0.15) is 6.61 Å². The lowest BCUT2D eigenvalue weighted by Gasteiger charge is -2.31. The molecule has 0 aliphatic carbocycles. The van der Waals surface area contributed by atoms with E-state index in [0.29, 0.717) is 12.5 Å². The maximum atomic E-state index is 11.7. The van der Waals surface area contributed by atoms with E-state index in [-0.39, 0.29) is 0 Å². The number of nitrogens with two attached hydrogens (primary N) is 1. The first-order valence-corrected chi connectivity index (χ1v) is 5.50. The van der Waals surface area contributed by atoms with E-state index in [1.807, 2.05) is 0 Å². The number of hydrogen-bond donors (Lipinski definition) is 1. The quantitative estimate of drug-likeness (QED) is 0.680. The van der Waals surface area contributed by atoms with Crippen molar-refractivity contribution in [1.82, 2.24) is 4.90 Å². The molecule has 1 fully saturated rings. The third-order valence-electron chi connectivity index (χ3n) is 2.84. The largest absolute Gasteiger partial charge is 0.374 e. The Morgan fingerprint density at radius 2 is 2.00 bits per heavy atom. The van der Waals surface area contributed by atoms with Gasteiger partial charge in [0.25, 0.3) is 6.43 Å². The monoisotopic (exact) mass is 222 g/mol. The van der Waals surface area contributed by atoms with Gasteiger partial charge in [-0.15, -0.1) is 0 Å². The Bertz CT molecular complexity index is 162. The van der Waals surface area contributed by atoms with Crippen molar-refractivity contribution in [2.45, 2.75) is 19.3 Å². The van der Waals surface area contributed by atoms with Crippen LogP contribution in [0.15, 0.2) is 0 Å². The third kappa shape index (κ3) is 5.39. The molecule has 5 heteroatoms. The first kappa shape index (κ1) is 12.8. The van der Waals surface area contributed by atoms with Crippen LogP contribution >= 0.6 is 0 Å². The van der Waals surface area contributed by atoms with Crippen molar-refractivity contribution in [3.05, 3.63) is 0 Å². The van der Waals surface area contributed by atoms with Gasteiger partial charge in [-0.25, -0.2) is 8.78 Å². The van der Waals surface area contributed by atoms with Crippen molar-refractivity contribution >= 4 is 0 Å². The fourth-order valence-electron chi connectivity index (χ4n) is 1.81. The highest BCUT2D eigenvalue weighted by Crippen LogP contribution is 2.15. The van der Waals surface area contributed by atoms with Crippen molar-refractivity contribution in [2.24, 2.45) is 11.7 Å². The summed E-state index contributed by atoms with van der Waals surface area (Å²) in [5, 5.41) is 0. The van der Waals surface area contributed by atoms with Gasteiger partial charge in [0, 0.05) is 6.54 Å². The van der Waals surface area contributed by atoms with E-state index in [0.717, 1.165) is 39.0 Å². The number of piperidine rings is 1. The SMILES string of the molecule is NCC1CCN(CCOCC(F)F)CC1. The summed E-state index contributed by atoms with van der Waals surface area (Å²) < 4.78 is 28.3. The zero-order valence-electron chi connectivity index (χ0n) is 9.00. The Morgan fingerprint density at radius 1 is 1.33 bits per heavy atom. The maximum absolute atomic E-state index is 11.7.